The summed E-state index contributed by atoms with van der Waals surface area (Å²) < 4.78 is 7.27. The number of fused-ring (bicyclic) bond motifs is 15. The van der Waals surface area contributed by atoms with E-state index in [-0.39, 0.29) is 0 Å². The van der Waals surface area contributed by atoms with Crippen LogP contribution < -0.4 is 0 Å². The normalized spacial score (nSPS) is 12.0. The highest BCUT2D eigenvalue weighted by atomic mass is 15.0. The Bertz CT molecular complexity index is 5290. The molecule has 4 aromatic heterocycles. The van der Waals surface area contributed by atoms with Crippen molar-refractivity contribution < 1.29 is 0 Å². The lowest BCUT2D eigenvalue weighted by atomic mass is 9.93. The average molecular weight is 1030 g/mol. The van der Waals surface area contributed by atoms with E-state index in [0.717, 1.165) is 55.6 Å². The summed E-state index contributed by atoms with van der Waals surface area (Å²) in [5.41, 5.74) is 15.6. The lowest BCUT2D eigenvalue weighted by Gasteiger charge is -2.15. The van der Waals surface area contributed by atoms with Crippen molar-refractivity contribution in [3.63, 3.8) is 0 Å². The van der Waals surface area contributed by atoms with E-state index in [1.165, 1.54) is 87.1 Å². The molecule has 0 aliphatic rings. The lowest BCUT2D eigenvalue weighted by Crippen LogP contribution is -2.00. The first-order chi connectivity index (χ1) is 40.2. The highest BCUT2D eigenvalue weighted by molar-refractivity contribution is 6.26. The van der Waals surface area contributed by atoms with Crippen LogP contribution in [-0.4, -0.2) is 28.7 Å². The molecule has 0 radical (unpaired) electrons. The Labute approximate surface area is 465 Å². The van der Waals surface area contributed by atoms with Crippen LogP contribution in [0.5, 0.6) is 0 Å². The quantitative estimate of drug-likeness (QED) is 0.150. The molecule has 6 nitrogen and oxygen atoms in total. The fourth-order valence-electron chi connectivity index (χ4n) is 13.0. The predicted octanol–water partition coefficient (Wildman–Crippen LogP) is 19.3. The largest absolute Gasteiger partial charge is 0.309 e. The maximum Gasteiger partial charge on any atom is 0.164 e. The second-order valence-electron chi connectivity index (χ2n) is 21.1. The highest BCUT2D eigenvalue weighted by Gasteiger charge is 2.21. The van der Waals surface area contributed by atoms with Crippen LogP contribution >= 0.6 is 0 Å². The molecule has 0 fully saturated rings. The molecule has 4 heterocycles. The van der Waals surface area contributed by atoms with Gasteiger partial charge in [-0.15, -0.1) is 0 Å². The number of rotatable bonds is 7. The second kappa shape index (κ2) is 17.8. The number of para-hydroxylation sites is 4. The molecule has 0 bridgehead atoms. The summed E-state index contributed by atoms with van der Waals surface area (Å²) in [5.74, 6) is 1.91. The molecule has 0 aliphatic carbocycles. The molecule has 81 heavy (non-hydrogen) atoms. The van der Waals surface area contributed by atoms with Crippen molar-refractivity contribution in [3.05, 3.63) is 279 Å². The Hall–Kier alpha value is -11.0. The number of hydrogen-bond donors (Lipinski definition) is 0. The van der Waals surface area contributed by atoms with Gasteiger partial charge in [0, 0.05) is 66.1 Å². The minimum absolute atomic E-state index is 0.630. The maximum absolute atomic E-state index is 5.15. The molecule has 0 N–H and O–H groups in total. The van der Waals surface area contributed by atoms with Crippen molar-refractivity contribution in [2.45, 2.75) is 0 Å². The molecule has 0 saturated heterocycles. The third kappa shape index (κ3) is 7.04. The van der Waals surface area contributed by atoms with Gasteiger partial charge in [-0.2, -0.15) is 0 Å². The van der Waals surface area contributed by atoms with Gasteiger partial charge in [-0.25, -0.2) is 15.0 Å². The summed E-state index contributed by atoms with van der Waals surface area (Å²) in [6, 6.07) is 101. The van der Waals surface area contributed by atoms with E-state index in [4.69, 9.17) is 15.0 Å². The van der Waals surface area contributed by atoms with Crippen molar-refractivity contribution in [1.29, 1.82) is 0 Å². The Morgan fingerprint density at radius 3 is 1.01 bits per heavy atom. The van der Waals surface area contributed by atoms with Crippen LogP contribution in [0.3, 0.4) is 0 Å². The minimum Gasteiger partial charge on any atom is -0.309 e. The number of aromatic nitrogens is 6. The fraction of sp³-hybridized carbons (Fsp3) is 0. The van der Waals surface area contributed by atoms with Gasteiger partial charge >= 0.3 is 0 Å². The topological polar surface area (TPSA) is 53.5 Å². The SMILES string of the molecule is c1ccc(-c2nc(-c3ccccc3)nc(-c3ccc4c5ccccc5c5ccc(-n6c7ccccc7c7cc(-c8ccc9c(c8)c8cc(-n%10c%11ccccc%11c%11ccccc%11%10)ccc8n9-c8ccccc8)ccc76)cc5c4c3)n2)cc1. The molecule has 17 aromatic rings. The highest BCUT2D eigenvalue weighted by Crippen LogP contribution is 2.43. The third-order valence-corrected chi connectivity index (χ3v) is 16.6. The predicted molar refractivity (Wildman–Crippen MR) is 337 cm³/mol. The monoisotopic (exact) mass is 1030 g/mol. The molecule has 0 spiro atoms. The molecular formula is C75H46N6. The molecule has 13 aromatic carbocycles. The van der Waals surface area contributed by atoms with Crippen LogP contribution in [0.1, 0.15) is 0 Å². The van der Waals surface area contributed by atoms with Crippen LogP contribution in [0.4, 0.5) is 0 Å². The zero-order valence-corrected chi connectivity index (χ0v) is 43.7. The van der Waals surface area contributed by atoms with Gasteiger partial charge < -0.3 is 13.7 Å². The zero-order chi connectivity index (χ0) is 53.1. The van der Waals surface area contributed by atoms with Gasteiger partial charge in [-0.1, -0.05) is 188 Å². The molecular weight excluding hydrogens is 985 g/mol. The first-order valence-electron chi connectivity index (χ1n) is 27.6. The first kappa shape index (κ1) is 45.1. The van der Waals surface area contributed by atoms with Crippen LogP contribution in [0.15, 0.2) is 279 Å². The third-order valence-electron chi connectivity index (χ3n) is 16.6. The van der Waals surface area contributed by atoms with Gasteiger partial charge in [-0.3, -0.25) is 0 Å². The molecule has 0 saturated carbocycles. The smallest absolute Gasteiger partial charge is 0.164 e. The van der Waals surface area contributed by atoms with Gasteiger partial charge in [-0.05, 0) is 134 Å². The van der Waals surface area contributed by atoms with E-state index in [9.17, 15) is 0 Å². The summed E-state index contributed by atoms with van der Waals surface area (Å²) in [5, 5.41) is 14.4. The van der Waals surface area contributed by atoms with Crippen LogP contribution in [0.25, 0.3) is 160 Å². The van der Waals surface area contributed by atoms with E-state index in [2.05, 4.69) is 256 Å². The molecule has 6 heteroatoms. The van der Waals surface area contributed by atoms with E-state index < -0.39 is 0 Å². The minimum atomic E-state index is 0.630. The number of benzene rings is 13. The Morgan fingerprint density at radius 1 is 0.173 bits per heavy atom. The summed E-state index contributed by atoms with van der Waals surface area (Å²) in [6.07, 6.45) is 0. The van der Waals surface area contributed by atoms with Gasteiger partial charge in [0.2, 0.25) is 0 Å². The standard InChI is InChI=1S/C75H46N6/c1-4-18-47(19-5-1)73-76-74(48-20-6-2-7-21-48)78-75(77-73)51-32-37-57-55-24-10-11-25-56(55)58-38-35-53(45-63(58)62(57)44-51)81-69-31-17-14-28-61(69)64-42-49(33-39-70(64)81)50-34-40-71-65(43-50)66-46-54(36-41-72(66)79(71)52-22-8-3-9-23-52)80-67-29-15-12-26-59(67)60-27-13-16-30-68(60)80/h1-46H. The first-order valence-corrected chi connectivity index (χ1v) is 27.6. The summed E-state index contributed by atoms with van der Waals surface area (Å²) >= 11 is 0. The Morgan fingerprint density at radius 2 is 0.481 bits per heavy atom. The molecule has 376 valence electrons. The van der Waals surface area contributed by atoms with Gasteiger partial charge in [0.15, 0.2) is 17.5 Å². The van der Waals surface area contributed by atoms with E-state index >= 15 is 0 Å². The van der Waals surface area contributed by atoms with Gasteiger partial charge in [0.05, 0.1) is 33.1 Å². The molecule has 0 unspecified atom stereocenters. The van der Waals surface area contributed by atoms with E-state index in [0.29, 0.717) is 17.5 Å². The Kier molecular flexibility index (Phi) is 9.91. The van der Waals surface area contributed by atoms with Crippen molar-refractivity contribution >= 4 is 97.7 Å². The van der Waals surface area contributed by atoms with Gasteiger partial charge in [0.1, 0.15) is 0 Å². The van der Waals surface area contributed by atoms with Crippen molar-refractivity contribution in [2.24, 2.45) is 0 Å². The fourth-order valence-corrected chi connectivity index (χ4v) is 13.0. The van der Waals surface area contributed by atoms with Gasteiger partial charge in [0.25, 0.3) is 0 Å². The second-order valence-corrected chi connectivity index (χ2v) is 21.1. The number of nitrogens with zero attached hydrogens (tertiary/aromatic N) is 6. The summed E-state index contributed by atoms with van der Waals surface area (Å²) in [6.45, 7) is 0. The van der Waals surface area contributed by atoms with Crippen molar-refractivity contribution in [3.8, 4) is 62.4 Å². The summed E-state index contributed by atoms with van der Waals surface area (Å²) in [4.78, 5) is 15.3. The summed E-state index contributed by atoms with van der Waals surface area (Å²) in [7, 11) is 0. The van der Waals surface area contributed by atoms with Crippen LogP contribution in [0.2, 0.25) is 0 Å². The molecule has 0 aliphatic heterocycles. The van der Waals surface area contributed by atoms with Crippen molar-refractivity contribution in [2.75, 3.05) is 0 Å². The molecule has 0 atom stereocenters. The maximum atomic E-state index is 5.15. The van der Waals surface area contributed by atoms with E-state index in [1.807, 2.05) is 36.4 Å². The molecule has 17 rings (SSSR count). The van der Waals surface area contributed by atoms with Crippen LogP contribution in [-0.2, 0) is 0 Å². The van der Waals surface area contributed by atoms with E-state index in [1.54, 1.807) is 0 Å². The van der Waals surface area contributed by atoms with Crippen molar-refractivity contribution in [1.82, 2.24) is 28.7 Å². The van der Waals surface area contributed by atoms with Crippen LogP contribution in [0, 0.1) is 0 Å². The zero-order valence-electron chi connectivity index (χ0n) is 43.7. The average Bonchev–Trinajstić information content (AvgIpc) is 4.40. The lowest BCUT2D eigenvalue weighted by molar-refractivity contribution is 1.07. The molecule has 0 amide bonds. The Balaban J connectivity index is 0.833. The number of hydrogen-bond acceptors (Lipinski definition) is 3.